The Morgan fingerprint density at radius 1 is 1.14 bits per heavy atom. The highest BCUT2D eigenvalue weighted by Crippen LogP contribution is 2.33. The summed E-state index contributed by atoms with van der Waals surface area (Å²) in [6.07, 6.45) is 1.20. The summed E-state index contributed by atoms with van der Waals surface area (Å²) in [7, 11) is -3.75. The Hall–Kier alpha value is -1.56. The van der Waals surface area contributed by atoms with Crippen LogP contribution in [0.2, 0.25) is 10.0 Å². The molecule has 7 heteroatoms. The summed E-state index contributed by atoms with van der Waals surface area (Å²) in [6.45, 7) is 2.24. The first-order chi connectivity index (χ1) is 10.4. The third-order valence-electron chi connectivity index (χ3n) is 2.69. The van der Waals surface area contributed by atoms with E-state index in [9.17, 15) is 8.42 Å². The van der Waals surface area contributed by atoms with Crippen LogP contribution in [0.5, 0.6) is 5.75 Å². The van der Waals surface area contributed by atoms with Crippen molar-refractivity contribution >= 4 is 39.4 Å². The summed E-state index contributed by atoms with van der Waals surface area (Å²) in [5.74, 6) is 0.369. The molecule has 0 aliphatic carbocycles. The lowest BCUT2D eigenvalue weighted by Gasteiger charge is -2.08. The average Bonchev–Trinajstić information content (AvgIpc) is 2.50. The summed E-state index contributed by atoms with van der Waals surface area (Å²) >= 11 is 12.1. The fourth-order valence-electron chi connectivity index (χ4n) is 1.72. The number of nitrogens with zero attached hydrogens (tertiary/aromatic N) is 1. The molecule has 0 radical (unpaired) electrons. The van der Waals surface area contributed by atoms with Crippen LogP contribution in [0.15, 0.2) is 51.8 Å². The molecule has 0 saturated heterocycles. The molecule has 4 nitrogen and oxygen atoms in total. The minimum atomic E-state index is -3.75. The van der Waals surface area contributed by atoms with E-state index in [4.69, 9.17) is 27.9 Å². The smallest absolute Gasteiger partial charge is 0.282 e. The van der Waals surface area contributed by atoms with Crippen molar-refractivity contribution in [2.24, 2.45) is 4.40 Å². The zero-order valence-electron chi connectivity index (χ0n) is 11.7. The topological polar surface area (TPSA) is 55.7 Å². The van der Waals surface area contributed by atoms with Gasteiger partial charge < -0.3 is 4.74 Å². The van der Waals surface area contributed by atoms with Gasteiger partial charge in [-0.1, -0.05) is 41.4 Å². The van der Waals surface area contributed by atoms with Crippen molar-refractivity contribution in [1.29, 1.82) is 0 Å². The highest BCUT2D eigenvalue weighted by Gasteiger charge is 2.12. The van der Waals surface area contributed by atoms with Gasteiger partial charge in [-0.25, -0.2) is 0 Å². The number of hydrogen-bond donors (Lipinski definition) is 0. The second kappa shape index (κ2) is 7.13. The third kappa shape index (κ3) is 4.00. The van der Waals surface area contributed by atoms with Crippen molar-refractivity contribution in [3.8, 4) is 5.75 Å². The van der Waals surface area contributed by atoms with Gasteiger partial charge in [0, 0.05) is 6.21 Å². The second-order valence-electron chi connectivity index (χ2n) is 4.27. The Kier molecular flexibility index (Phi) is 5.45. The SMILES string of the molecule is CCOc1c(Cl)cc(/C=N\S(=O)(=O)c2ccccc2)cc1Cl. The van der Waals surface area contributed by atoms with E-state index in [1.165, 1.54) is 18.3 Å². The van der Waals surface area contributed by atoms with Crippen molar-refractivity contribution in [3.05, 3.63) is 58.1 Å². The molecular weight excluding hydrogens is 345 g/mol. The Morgan fingerprint density at radius 2 is 1.73 bits per heavy atom. The van der Waals surface area contributed by atoms with Crippen LogP contribution in [0.4, 0.5) is 0 Å². The molecule has 0 unspecified atom stereocenters. The molecule has 0 aromatic heterocycles. The highest BCUT2D eigenvalue weighted by atomic mass is 35.5. The van der Waals surface area contributed by atoms with Crippen molar-refractivity contribution in [3.63, 3.8) is 0 Å². The van der Waals surface area contributed by atoms with Gasteiger partial charge >= 0.3 is 0 Å². The van der Waals surface area contributed by atoms with Crippen LogP contribution in [0.3, 0.4) is 0 Å². The lowest BCUT2D eigenvalue weighted by atomic mass is 10.2. The van der Waals surface area contributed by atoms with Gasteiger partial charge in [-0.3, -0.25) is 0 Å². The monoisotopic (exact) mass is 357 g/mol. The predicted octanol–water partition coefficient (Wildman–Crippen LogP) is 4.20. The molecule has 2 aromatic rings. The Balaban J connectivity index is 2.31. The van der Waals surface area contributed by atoms with Crippen LogP contribution in [-0.4, -0.2) is 21.2 Å². The first kappa shape index (κ1) is 16.8. The van der Waals surface area contributed by atoms with Crippen LogP contribution in [-0.2, 0) is 10.0 Å². The fraction of sp³-hybridized carbons (Fsp3) is 0.133. The molecule has 0 heterocycles. The number of benzene rings is 2. The summed E-state index contributed by atoms with van der Waals surface area (Å²) in [5.41, 5.74) is 0.470. The van der Waals surface area contributed by atoms with E-state index in [0.29, 0.717) is 28.0 Å². The fourth-order valence-corrected chi connectivity index (χ4v) is 3.22. The number of halogens is 2. The maximum Gasteiger partial charge on any atom is 0.282 e. The summed E-state index contributed by atoms with van der Waals surface area (Å²) < 4.78 is 33.1. The van der Waals surface area contributed by atoms with E-state index in [-0.39, 0.29) is 4.90 Å². The average molecular weight is 358 g/mol. The van der Waals surface area contributed by atoms with Crippen LogP contribution in [0.1, 0.15) is 12.5 Å². The van der Waals surface area contributed by atoms with Gasteiger partial charge in [0.05, 0.1) is 21.5 Å². The molecule has 2 rings (SSSR count). The minimum Gasteiger partial charge on any atom is -0.491 e. The molecule has 0 N–H and O–H groups in total. The second-order valence-corrected chi connectivity index (χ2v) is 6.72. The van der Waals surface area contributed by atoms with Gasteiger partial charge in [-0.05, 0) is 36.8 Å². The number of sulfonamides is 1. The number of ether oxygens (including phenoxy) is 1. The normalized spacial score (nSPS) is 11.8. The summed E-state index contributed by atoms with van der Waals surface area (Å²) in [4.78, 5) is 0.120. The van der Waals surface area contributed by atoms with E-state index < -0.39 is 10.0 Å². The van der Waals surface area contributed by atoms with Crippen LogP contribution < -0.4 is 4.74 Å². The molecule has 0 spiro atoms. The standard InChI is InChI=1S/C15H13Cl2NO3S/c1-2-21-15-13(16)8-11(9-14(15)17)10-18-22(19,20)12-6-4-3-5-7-12/h3-10H,2H2,1H3/b18-10-. The minimum absolute atomic E-state index is 0.120. The first-order valence-corrected chi connectivity index (χ1v) is 8.61. The molecule has 2 aromatic carbocycles. The Bertz CT molecular complexity index is 767. The van der Waals surface area contributed by atoms with Gasteiger partial charge in [0.15, 0.2) is 5.75 Å². The molecule has 22 heavy (non-hydrogen) atoms. The van der Waals surface area contributed by atoms with Gasteiger partial charge in [-0.15, -0.1) is 0 Å². The Labute approximate surface area is 139 Å². The van der Waals surface area contributed by atoms with E-state index in [2.05, 4.69) is 4.40 Å². The van der Waals surface area contributed by atoms with E-state index >= 15 is 0 Å². The summed E-state index contributed by atoms with van der Waals surface area (Å²) in [6, 6.07) is 11.0. The Morgan fingerprint density at radius 3 is 2.27 bits per heavy atom. The zero-order chi connectivity index (χ0) is 16.2. The van der Waals surface area contributed by atoms with Crippen LogP contribution >= 0.6 is 23.2 Å². The lowest BCUT2D eigenvalue weighted by Crippen LogP contribution is -1.98. The zero-order valence-corrected chi connectivity index (χ0v) is 14.0. The summed E-state index contributed by atoms with van der Waals surface area (Å²) in [5, 5.41) is 0.598. The maximum absolute atomic E-state index is 12.1. The van der Waals surface area contributed by atoms with Gasteiger partial charge in [-0.2, -0.15) is 12.8 Å². The first-order valence-electron chi connectivity index (χ1n) is 6.41. The van der Waals surface area contributed by atoms with Crippen LogP contribution in [0, 0.1) is 0 Å². The third-order valence-corrected chi connectivity index (χ3v) is 4.50. The quantitative estimate of drug-likeness (QED) is 0.753. The predicted molar refractivity (Wildman–Crippen MR) is 88.9 cm³/mol. The number of rotatable bonds is 5. The lowest BCUT2D eigenvalue weighted by molar-refractivity contribution is 0.340. The molecule has 0 bridgehead atoms. The van der Waals surface area contributed by atoms with Gasteiger partial charge in [0.1, 0.15) is 0 Å². The van der Waals surface area contributed by atoms with E-state index in [0.717, 1.165) is 0 Å². The molecule has 0 saturated carbocycles. The highest BCUT2D eigenvalue weighted by molar-refractivity contribution is 7.90. The molecule has 0 amide bonds. The molecule has 0 aliphatic heterocycles. The molecule has 0 aliphatic rings. The molecule has 116 valence electrons. The molecule has 0 fully saturated rings. The van der Waals surface area contributed by atoms with Crippen molar-refractivity contribution < 1.29 is 13.2 Å². The van der Waals surface area contributed by atoms with Crippen LogP contribution in [0.25, 0.3) is 0 Å². The van der Waals surface area contributed by atoms with Gasteiger partial charge in [0.2, 0.25) is 0 Å². The van der Waals surface area contributed by atoms with Gasteiger partial charge in [0.25, 0.3) is 10.0 Å². The van der Waals surface area contributed by atoms with E-state index in [1.807, 2.05) is 6.92 Å². The number of hydrogen-bond acceptors (Lipinski definition) is 3. The maximum atomic E-state index is 12.1. The van der Waals surface area contributed by atoms with Crippen molar-refractivity contribution in [2.45, 2.75) is 11.8 Å². The molecule has 0 atom stereocenters. The van der Waals surface area contributed by atoms with Crippen molar-refractivity contribution in [1.82, 2.24) is 0 Å². The largest absolute Gasteiger partial charge is 0.491 e. The molecular formula is C15H13Cl2NO3S. The van der Waals surface area contributed by atoms with E-state index in [1.54, 1.807) is 30.3 Å². The van der Waals surface area contributed by atoms with Crippen molar-refractivity contribution in [2.75, 3.05) is 6.61 Å².